The van der Waals surface area contributed by atoms with Gasteiger partial charge in [-0.15, -0.1) is 0 Å². The molecule has 3 N–H and O–H groups in total. The Kier molecular flexibility index (Phi) is 5.92. The molecule has 1 rings (SSSR count). The van der Waals surface area contributed by atoms with Gasteiger partial charge in [0.25, 0.3) is 0 Å². The van der Waals surface area contributed by atoms with Crippen molar-refractivity contribution < 1.29 is 14.6 Å². The number of anilines is 1. The normalized spacial score (nSPS) is 12.1. The summed E-state index contributed by atoms with van der Waals surface area (Å²) < 4.78 is 10.7. The Hall–Kier alpha value is -1.46. The molecule has 1 unspecified atom stereocenters. The van der Waals surface area contributed by atoms with Crippen LogP contribution in [0.15, 0.2) is 12.1 Å². The van der Waals surface area contributed by atoms with Crippen LogP contribution in [0.3, 0.4) is 0 Å². The number of aliphatic hydroxyl groups excluding tert-OH is 1. The minimum atomic E-state index is -0.442. The number of hydrogen-bond donors (Lipinski definition) is 2. The monoisotopic (exact) mass is 268 g/mol. The summed E-state index contributed by atoms with van der Waals surface area (Å²) in [6.45, 7) is 2.94. The highest BCUT2D eigenvalue weighted by molar-refractivity contribution is 5.65. The number of nitrogens with zero attached hydrogens (tertiary/aromatic N) is 1. The topological polar surface area (TPSA) is 68.0 Å². The molecule has 1 aromatic carbocycles. The van der Waals surface area contributed by atoms with Crippen molar-refractivity contribution in [3.05, 3.63) is 17.7 Å². The van der Waals surface area contributed by atoms with E-state index in [9.17, 15) is 5.11 Å². The van der Waals surface area contributed by atoms with Gasteiger partial charge in [-0.05, 0) is 32.0 Å². The van der Waals surface area contributed by atoms with Crippen LogP contribution in [0.25, 0.3) is 0 Å². The molecular formula is C14H24N2O3. The Labute approximate surface area is 114 Å². The molecule has 1 atom stereocenters. The van der Waals surface area contributed by atoms with Gasteiger partial charge in [0.1, 0.15) is 11.5 Å². The number of rotatable bonds is 7. The Morgan fingerprint density at radius 2 is 2.00 bits per heavy atom. The summed E-state index contributed by atoms with van der Waals surface area (Å²) in [6, 6.07) is 3.83. The van der Waals surface area contributed by atoms with Gasteiger partial charge < -0.3 is 25.2 Å². The number of likely N-dealkylation sites (N-methyl/N-ethyl adjacent to an activating group) is 1. The number of benzene rings is 1. The molecule has 19 heavy (non-hydrogen) atoms. The highest BCUT2D eigenvalue weighted by Gasteiger charge is 2.16. The molecule has 0 heterocycles. The van der Waals surface area contributed by atoms with Gasteiger partial charge in [0.05, 0.1) is 26.0 Å². The van der Waals surface area contributed by atoms with Crippen LogP contribution in [-0.4, -0.2) is 45.6 Å². The van der Waals surface area contributed by atoms with Gasteiger partial charge in [0, 0.05) is 19.2 Å². The van der Waals surface area contributed by atoms with Gasteiger partial charge in [-0.2, -0.15) is 0 Å². The second kappa shape index (κ2) is 7.21. The molecule has 108 valence electrons. The fraction of sp³-hybridized carbons (Fsp3) is 0.571. The average Bonchev–Trinajstić information content (AvgIpc) is 2.38. The van der Waals surface area contributed by atoms with Crippen LogP contribution in [-0.2, 0) is 0 Å². The van der Waals surface area contributed by atoms with E-state index in [1.165, 1.54) is 0 Å². The molecule has 0 saturated heterocycles. The molecule has 0 aliphatic heterocycles. The molecule has 0 spiro atoms. The predicted molar refractivity (Wildman–Crippen MR) is 77.2 cm³/mol. The Bertz CT molecular complexity index is 410. The van der Waals surface area contributed by atoms with Crippen molar-refractivity contribution in [1.29, 1.82) is 0 Å². The van der Waals surface area contributed by atoms with E-state index in [2.05, 4.69) is 0 Å². The quantitative estimate of drug-likeness (QED) is 0.776. The van der Waals surface area contributed by atoms with Gasteiger partial charge in [0.2, 0.25) is 0 Å². The summed E-state index contributed by atoms with van der Waals surface area (Å²) >= 11 is 0. The number of methoxy groups -OCH3 is 2. The smallest absolute Gasteiger partial charge is 0.148 e. The summed E-state index contributed by atoms with van der Waals surface area (Å²) in [5.74, 6) is 1.55. The average molecular weight is 268 g/mol. The van der Waals surface area contributed by atoms with E-state index in [1.807, 2.05) is 31.0 Å². The Morgan fingerprint density at radius 3 is 2.53 bits per heavy atom. The van der Waals surface area contributed by atoms with E-state index in [0.29, 0.717) is 19.5 Å². The van der Waals surface area contributed by atoms with Crippen LogP contribution < -0.4 is 20.1 Å². The van der Waals surface area contributed by atoms with Gasteiger partial charge in [-0.3, -0.25) is 0 Å². The van der Waals surface area contributed by atoms with E-state index >= 15 is 0 Å². The van der Waals surface area contributed by atoms with Crippen molar-refractivity contribution >= 4 is 5.69 Å². The van der Waals surface area contributed by atoms with Gasteiger partial charge in [-0.1, -0.05) is 0 Å². The molecular weight excluding hydrogens is 244 g/mol. The molecule has 0 amide bonds. The third-order valence-electron chi connectivity index (χ3n) is 3.16. The molecule has 0 aliphatic carbocycles. The maximum Gasteiger partial charge on any atom is 0.148 e. The van der Waals surface area contributed by atoms with Crippen molar-refractivity contribution in [3.63, 3.8) is 0 Å². The zero-order chi connectivity index (χ0) is 14.4. The van der Waals surface area contributed by atoms with Gasteiger partial charge >= 0.3 is 0 Å². The van der Waals surface area contributed by atoms with Gasteiger partial charge in [-0.25, -0.2) is 0 Å². The lowest BCUT2D eigenvalue weighted by atomic mass is 10.1. The highest BCUT2D eigenvalue weighted by atomic mass is 16.5. The van der Waals surface area contributed by atoms with Crippen LogP contribution in [0.1, 0.15) is 12.0 Å². The maximum atomic E-state index is 9.83. The first-order chi connectivity index (χ1) is 9.04. The van der Waals surface area contributed by atoms with Crippen molar-refractivity contribution in [1.82, 2.24) is 0 Å². The number of ether oxygens (including phenoxy) is 2. The second-order valence-electron chi connectivity index (χ2n) is 4.56. The zero-order valence-corrected chi connectivity index (χ0v) is 12.1. The molecule has 0 radical (unpaired) electrons. The first-order valence-corrected chi connectivity index (χ1v) is 6.36. The molecule has 0 bridgehead atoms. The molecule has 0 fully saturated rings. The van der Waals surface area contributed by atoms with E-state index in [1.54, 1.807) is 14.2 Å². The molecule has 5 nitrogen and oxygen atoms in total. The van der Waals surface area contributed by atoms with E-state index in [-0.39, 0.29) is 0 Å². The lowest BCUT2D eigenvalue weighted by Crippen LogP contribution is -2.30. The summed E-state index contributed by atoms with van der Waals surface area (Å²) in [5, 5.41) is 9.83. The minimum Gasteiger partial charge on any atom is -0.496 e. The lowest BCUT2D eigenvalue weighted by molar-refractivity contribution is 0.174. The fourth-order valence-corrected chi connectivity index (χ4v) is 2.14. The zero-order valence-electron chi connectivity index (χ0n) is 12.1. The van der Waals surface area contributed by atoms with Crippen molar-refractivity contribution in [2.75, 3.05) is 39.3 Å². The van der Waals surface area contributed by atoms with E-state index < -0.39 is 6.10 Å². The van der Waals surface area contributed by atoms with Gasteiger partial charge in [0.15, 0.2) is 0 Å². The fourth-order valence-electron chi connectivity index (χ4n) is 2.14. The second-order valence-corrected chi connectivity index (χ2v) is 4.56. The molecule has 0 aromatic heterocycles. The standard InChI is InChI=1S/C14H24N2O3/c1-10-13(18-3)6-5-12(14(10)19-4)16(2)9-11(17)7-8-15/h5-6,11,17H,7-9,15H2,1-4H3. The number of aliphatic hydroxyl groups is 1. The number of nitrogens with two attached hydrogens (primary N) is 1. The van der Waals surface area contributed by atoms with Crippen LogP contribution in [0.2, 0.25) is 0 Å². The van der Waals surface area contributed by atoms with Crippen LogP contribution in [0, 0.1) is 6.92 Å². The summed E-state index contributed by atoms with van der Waals surface area (Å²) in [5.41, 5.74) is 7.32. The van der Waals surface area contributed by atoms with Crippen LogP contribution >= 0.6 is 0 Å². The first-order valence-electron chi connectivity index (χ1n) is 6.36. The summed E-state index contributed by atoms with van der Waals surface area (Å²) in [6.07, 6.45) is 0.143. The van der Waals surface area contributed by atoms with Crippen molar-refractivity contribution in [2.24, 2.45) is 5.73 Å². The first kappa shape index (κ1) is 15.6. The van der Waals surface area contributed by atoms with Crippen LogP contribution in [0.5, 0.6) is 11.5 Å². The molecule has 0 saturated carbocycles. The van der Waals surface area contributed by atoms with E-state index in [4.69, 9.17) is 15.2 Å². The summed E-state index contributed by atoms with van der Waals surface area (Å²) in [4.78, 5) is 1.96. The molecule has 1 aromatic rings. The predicted octanol–water partition coefficient (Wildman–Crippen LogP) is 1.16. The Balaban J connectivity index is 2.96. The van der Waals surface area contributed by atoms with Crippen molar-refractivity contribution in [2.45, 2.75) is 19.4 Å². The third-order valence-corrected chi connectivity index (χ3v) is 3.16. The van der Waals surface area contributed by atoms with Crippen LogP contribution in [0.4, 0.5) is 5.69 Å². The lowest BCUT2D eigenvalue weighted by Gasteiger charge is -2.25. The molecule has 0 aliphatic rings. The largest absolute Gasteiger partial charge is 0.496 e. The minimum absolute atomic E-state index is 0.442. The maximum absolute atomic E-state index is 9.83. The Morgan fingerprint density at radius 1 is 1.32 bits per heavy atom. The SMILES string of the molecule is COc1ccc(N(C)CC(O)CCN)c(OC)c1C. The van der Waals surface area contributed by atoms with E-state index in [0.717, 1.165) is 22.7 Å². The number of hydrogen-bond acceptors (Lipinski definition) is 5. The molecule has 5 heteroatoms. The van der Waals surface area contributed by atoms with Crippen molar-refractivity contribution in [3.8, 4) is 11.5 Å². The third kappa shape index (κ3) is 3.75. The highest BCUT2D eigenvalue weighted by Crippen LogP contribution is 2.36. The summed E-state index contributed by atoms with van der Waals surface area (Å²) in [7, 11) is 5.19.